The predicted molar refractivity (Wildman–Crippen MR) is 119 cm³/mol. The summed E-state index contributed by atoms with van der Waals surface area (Å²) in [4.78, 5) is 15.0. The first-order chi connectivity index (χ1) is 15.6. The van der Waals surface area contributed by atoms with E-state index in [2.05, 4.69) is 25.0 Å². The largest absolute Gasteiger partial charge is 0.496 e. The standard InChI is InChI=1S/C23H33N5O4/c1-16(24-23(29)17-8-13-32-14-9-17)22-26-25-21-7-10-27(11-12-28(21)22)15-18-19(30-2)5-4-6-20(18)31-3/h4-6,16-17H,7-15H2,1-3H3,(H,24,29)/t16-/m0/s1. The number of nitrogens with zero attached hydrogens (tertiary/aromatic N) is 4. The number of carbonyl (C=O) groups excluding carboxylic acids is 1. The van der Waals surface area contributed by atoms with Crippen molar-refractivity contribution in [3.63, 3.8) is 0 Å². The molecule has 1 fully saturated rings. The fourth-order valence-electron chi connectivity index (χ4n) is 4.53. The van der Waals surface area contributed by atoms with E-state index in [0.29, 0.717) is 13.2 Å². The topological polar surface area (TPSA) is 90.7 Å². The van der Waals surface area contributed by atoms with Gasteiger partial charge in [0.05, 0.1) is 25.8 Å². The van der Waals surface area contributed by atoms with Crippen molar-refractivity contribution in [1.29, 1.82) is 0 Å². The van der Waals surface area contributed by atoms with E-state index in [4.69, 9.17) is 14.2 Å². The highest BCUT2D eigenvalue weighted by molar-refractivity contribution is 5.79. The highest BCUT2D eigenvalue weighted by Crippen LogP contribution is 2.30. The van der Waals surface area contributed by atoms with Crippen molar-refractivity contribution < 1.29 is 19.0 Å². The third-order valence-electron chi connectivity index (χ3n) is 6.40. The summed E-state index contributed by atoms with van der Waals surface area (Å²) in [5, 5.41) is 12.0. The first-order valence-electron chi connectivity index (χ1n) is 11.3. The van der Waals surface area contributed by atoms with Gasteiger partial charge in [-0.15, -0.1) is 10.2 Å². The number of methoxy groups -OCH3 is 2. The third kappa shape index (κ3) is 4.88. The smallest absolute Gasteiger partial charge is 0.223 e. The van der Waals surface area contributed by atoms with E-state index in [1.807, 2.05) is 25.1 Å². The van der Waals surface area contributed by atoms with Gasteiger partial charge >= 0.3 is 0 Å². The number of amides is 1. The average molecular weight is 444 g/mol. The van der Waals surface area contributed by atoms with Crippen LogP contribution in [0.1, 0.15) is 43.0 Å². The number of fused-ring (bicyclic) bond motifs is 1. The summed E-state index contributed by atoms with van der Waals surface area (Å²) < 4.78 is 18.7. The molecule has 1 amide bonds. The van der Waals surface area contributed by atoms with Crippen molar-refractivity contribution in [1.82, 2.24) is 25.0 Å². The van der Waals surface area contributed by atoms with Crippen LogP contribution < -0.4 is 14.8 Å². The normalized spacial score (nSPS) is 18.5. The number of hydrogen-bond donors (Lipinski definition) is 1. The minimum atomic E-state index is -0.188. The lowest BCUT2D eigenvalue weighted by Crippen LogP contribution is -2.36. The van der Waals surface area contributed by atoms with Crippen LogP contribution in [-0.4, -0.2) is 66.1 Å². The van der Waals surface area contributed by atoms with E-state index in [1.165, 1.54) is 0 Å². The molecule has 1 aromatic carbocycles. The molecule has 2 aliphatic heterocycles. The number of rotatable bonds is 7. The van der Waals surface area contributed by atoms with Gasteiger partial charge < -0.3 is 24.1 Å². The first-order valence-corrected chi connectivity index (χ1v) is 11.3. The van der Waals surface area contributed by atoms with E-state index in [0.717, 1.165) is 74.2 Å². The molecular formula is C23H33N5O4. The van der Waals surface area contributed by atoms with E-state index in [9.17, 15) is 4.79 Å². The quantitative estimate of drug-likeness (QED) is 0.699. The maximum atomic E-state index is 12.7. The Labute approximate surface area is 189 Å². The van der Waals surface area contributed by atoms with Crippen LogP contribution in [-0.2, 0) is 29.0 Å². The van der Waals surface area contributed by atoms with Crippen LogP contribution in [0.15, 0.2) is 18.2 Å². The number of hydrogen-bond acceptors (Lipinski definition) is 7. The van der Waals surface area contributed by atoms with Crippen molar-refractivity contribution in [3.8, 4) is 11.5 Å². The van der Waals surface area contributed by atoms with Gasteiger partial charge in [-0.25, -0.2) is 0 Å². The van der Waals surface area contributed by atoms with Crippen molar-refractivity contribution in [2.24, 2.45) is 5.92 Å². The molecule has 0 unspecified atom stereocenters. The number of benzene rings is 1. The van der Waals surface area contributed by atoms with Crippen LogP contribution in [0.2, 0.25) is 0 Å². The Kier molecular flexibility index (Phi) is 7.26. The van der Waals surface area contributed by atoms with Crippen LogP contribution >= 0.6 is 0 Å². The summed E-state index contributed by atoms with van der Waals surface area (Å²) in [7, 11) is 3.37. The van der Waals surface area contributed by atoms with Gasteiger partial charge in [0, 0.05) is 51.7 Å². The Morgan fingerprint density at radius 2 is 1.88 bits per heavy atom. The second-order valence-electron chi connectivity index (χ2n) is 8.41. The minimum absolute atomic E-state index is 0.0176. The Bertz CT molecular complexity index is 903. The molecule has 1 saturated heterocycles. The number of aromatic nitrogens is 3. The Balaban J connectivity index is 1.42. The molecule has 0 bridgehead atoms. The molecule has 4 rings (SSSR count). The summed E-state index contributed by atoms with van der Waals surface area (Å²) in [5.41, 5.74) is 1.05. The van der Waals surface area contributed by atoms with Crippen LogP contribution in [0.3, 0.4) is 0 Å². The van der Waals surface area contributed by atoms with E-state index < -0.39 is 0 Å². The Morgan fingerprint density at radius 1 is 1.16 bits per heavy atom. The fourth-order valence-corrected chi connectivity index (χ4v) is 4.53. The number of ether oxygens (including phenoxy) is 3. The molecule has 3 heterocycles. The molecule has 0 radical (unpaired) electrons. The molecule has 9 nitrogen and oxygen atoms in total. The highest BCUT2D eigenvalue weighted by atomic mass is 16.5. The van der Waals surface area contributed by atoms with Crippen molar-refractivity contribution in [2.45, 2.75) is 45.3 Å². The summed E-state index contributed by atoms with van der Waals surface area (Å²) in [6.45, 7) is 6.50. The molecule has 0 aliphatic carbocycles. The molecule has 0 spiro atoms. The molecule has 174 valence electrons. The molecule has 32 heavy (non-hydrogen) atoms. The third-order valence-corrected chi connectivity index (χ3v) is 6.40. The van der Waals surface area contributed by atoms with Crippen LogP contribution in [0, 0.1) is 5.92 Å². The fraction of sp³-hybridized carbons (Fsp3) is 0.609. The molecule has 1 atom stereocenters. The molecule has 1 N–H and O–H groups in total. The maximum absolute atomic E-state index is 12.7. The zero-order chi connectivity index (χ0) is 22.5. The van der Waals surface area contributed by atoms with Crippen LogP contribution in [0.5, 0.6) is 11.5 Å². The molecular weight excluding hydrogens is 410 g/mol. The monoisotopic (exact) mass is 443 g/mol. The van der Waals surface area contributed by atoms with Crippen molar-refractivity contribution in [2.75, 3.05) is 40.5 Å². The van der Waals surface area contributed by atoms with Gasteiger partial charge in [-0.2, -0.15) is 0 Å². The SMILES string of the molecule is COc1cccc(OC)c1CN1CCc2nnc([C@H](C)NC(=O)C3CCOCC3)n2CC1. The summed E-state index contributed by atoms with van der Waals surface area (Å²) in [6, 6.07) is 5.68. The lowest BCUT2D eigenvalue weighted by atomic mass is 9.99. The van der Waals surface area contributed by atoms with Gasteiger partial charge in [-0.3, -0.25) is 9.69 Å². The van der Waals surface area contributed by atoms with Crippen LogP contribution in [0.4, 0.5) is 0 Å². The zero-order valence-electron chi connectivity index (χ0n) is 19.2. The first kappa shape index (κ1) is 22.5. The second-order valence-corrected chi connectivity index (χ2v) is 8.41. The van der Waals surface area contributed by atoms with Crippen molar-refractivity contribution >= 4 is 5.91 Å². The number of nitrogens with one attached hydrogen (secondary N) is 1. The lowest BCUT2D eigenvalue weighted by Gasteiger charge is -2.24. The minimum Gasteiger partial charge on any atom is -0.496 e. The summed E-state index contributed by atoms with van der Waals surface area (Å²) >= 11 is 0. The average Bonchev–Trinajstić information content (AvgIpc) is 3.13. The summed E-state index contributed by atoms with van der Waals surface area (Å²) in [6.07, 6.45) is 2.35. The highest BCUT2D eigenvalue weighted by Gasteiger charge is 2.27. The van der Waals surface area contributed by atoms with Gasteiger partial charge in [-0.05, 0) is 31.9 Å². The molecule has 0 saturated carbocycles. The van der Waals surface area contributed by atoms with Gasteiger partial charge in [0.25, 0.3) is 0 Å². The molecule has 1 aromatic heterocycles. The van der Waals surface area contributed by atoms with Crippen molar-refractivity contribution in [3.05, 3.63) is 35.4 Å². The van der Waals surface area contributed by atoms with Gasteiger partial charge in [0.15, 0.2) is 5.82 Å². The van der Waals surface area contributed by atoms with Gasteiger partial charge in [0.1, 0.15) is 17.3 Å². The Morgan fingerprint density at radius 3 is 2.56 bits per heavy atom. The van der Waals surface area contributed by atoms with E-state index in [-0.39, 0.29) is 17.9 Å². The van der Waals surface area contributed by atoms with Crippen LogP contribution in [0.25, 0.3) is 0 Å². The lowest BCUT2D eigenvalue weighted by molar-refractivity contribution is -0.128. The van der Waals surface area contributed by atoms with Gasteiger partial charge in [0.2, 0.25) is 5.91 Å². The second kappa shape index (κ2) is 10.3. The number of carbonyl (C=O) groups is 1. The van der Waals surface area contributed by atoms with E-state index in [1.54, 1.807) is 14.2 Å². The molecule has 2 aliphatic rings. The summed E-state index contributed by atoms with van der Waals surface area (Å²) in [5.74, 6) is 3.54. The zero-order valence-corrected chi connectivity index (χ0v) is 19.2. The Hall–Kier alpha value is -2.65. The van der Waals surface area contributed by atoms with E-state index >= 15 is 0 Å². The molecule has 9 heteroatoms. The van der Waals surface area contributed by atoms with Gasteiger partial charge in [-0.1, -0.05) is 6.07 Å². The molecule has 2 aromatic rings. The predicted octanol–water partition coefficient (Wildman–Crippen LogP) is 1.96. The maximum Gasteiger partial charge on any atom is 0.223 e.